The van der Waals surface area contributed by atoms with Gasteiger partial charge in [-0.15, -0.1) is 0 Å². The van der Waals surface area contributed by atoms with E-state index in [1.807, 2.05) is 13.0 Å². The highest BCUT2D eigenvalue weighted by atomic mass is 35.5. The maximum Gasteiger partial charge on any atom is 0.307 e. The van der Waals surface area contributed by atoms with Gasteiger partial charge in [-0.1, -0.05) is 24.6 Å². The van der Waals surface area contributed by atoms with E-state index in [0.717, 1.165) is 5.56 Å². The van der Waals surface area contributed by atoms with Crippen LogP contribution in [-0.2, 0) is 17.6 Å². The van der Waals surface area contributed by atoms with Gasteiger partial charge in [0.15, 0.2) is 0 Å². The number of rotatable bonds is 3. The molecular formula is C11H10ClNO2. The number of nitriles is 1. The predicted octanol–water partition coefficient (Wildman–Crippen LogP) is 2.40. The molecule has 3 nitrogen and oxygen atoms in total. The zero-order chi connectivity index (χ0) is 11.4. The van der Waals surface area contributed by atoms with Gasteiger partial charge < -0.3 is 5.11 Å². The van der Waals surface area contributed by atoms with Crippen LogP contribution in [0.3, 0.4) is 0 Å². The Balaban J connectivity index is 3.35. The summed E-state index contributed by atoms with van der Waals surface area (Å²) in [5, 5.41) is 18.0. The lowest BCUT2D eigenvalue weighted by Gasteiger charge is -2.08. The molecule has 0 aromatic heterocycles. The van der Waals surface area contributed by atoms with E-state index in [0.29, 0.717) is 17.0 Å². The van der Waals surface area contributed by atoms with E-state index in [1.165, 1.54) is 0 Å². The minimum atomic E-state index is -0.955. The van der Waals surface area contributed by atoms with Crippen LogP contribution in [-0.4, -0.2) is 11.1 Å². The molecule has 0 radical (unpaired) electrons. The van der Waals surface area contributed by atoms with Gasteiger partial charge in [-0.25, -0.2) is 0 Å². The number of hydrogen-bond donors (Lipinski definition) is 1. The van der Waals surface area contributed by atoms with E-state index >= 15 is 0 Å². The summed E-state index contributed by atoms with van der Waals surface area (Å²) in [4.78, 5) is 10.7. The lowest BCUT2D eigenvalue weighted by atomic mass is 9.97. The molecular weight excluding hydrogens is 214 g/mol. The first-order valence-electron chi connectivity index (χ1n) is 4.52. The maximum absolute atomic E-state index is 10.7. The van der Waals surface area contributed by atoms with E-state index in [-0.39, 0.29) is 12.0 Å². The third-order valence-electron chi connectivity index (χ3n) is 2.18. The molecule has 0 saturated heterocycles. The fourth-order valence-electron chi connectivity index (χ4n) is 1.47. The Hall–Kier alpha value is -1.53. The van der Waals surface area contributed by atoms with Gasteiger partial charge in [0.2, 0.25) is 0 Å². The van der Waals surface area contributed by atoms with E-state index in [2.05, 4.69) is 0 Å². The second-order valence-electron chi connectivity index (χ2n) is 3.10. The third kappa shape index (κ3) is 2.48. The predicted molar refractivity (Wildman–Crippen MR) is 56.9 cm³/mol. The molecule has 0 aliphatic rings. The second-order valence-corrected chi connectivity index (χ2v) is 3.50. The van der Waals surface area contributed by atoms with Crippen molar-refractivity contribution >= 4 is 17.6 Å². The molecule has 1 N–H and O–H groups in total. The van der Waals surface area contributed by atoms with E-state index in [9.17, 15) is 4.79 Å². The molecule has 15 heavy (non-hydrogen) atoms. The molecule has 1 aromatic rings. The number of carbonyl (C=O) groups is 1. The van der Waals surface area contributed by atoms with Crippen LogP contribution in [0.15, 0.2) is 12.1 Å². The molecule has 0 atom stereocenters. The van der Waals surface area contributed by atoms with Crippen molar-refractivity contribution in [3.8, 4) is 6.07 Å². The zero-order valence-corrected chi connectivity index (χ0v) is 9.01. The Morgan fingerprint density at radius 3 is 2.73 bits per heavy atom. The molecule has 0 unspecified atom stereocenters. The van der Waals surface area contributed by atoms with Crippen LogP contribution < -0.4 is 0 Å². The van der Waals surface area contributed by atoms with Gasteiger partial charge >= 0.3 is 5.97 Å². The molecule has 0 saturated carbocycles. The largest absolute Gasteiger partial charge is 0.481 e. The van der Waals surface area contributed by atoms with Crippen molar-refractivity contribution in [3.05, 3.63) is 33.8 Å². The van der Waals surface area contributed by atoms with E-state index < -0.39 is 5.97 Å². The van der Waals surface area contributed by atoms with Crippen LogP contribution in [0.2, 0.25) is 5.02 Å². The number of benzene rings is 1. The highest BCUT2D eigenvalue weighted by Gasteiger charge is 2.13. The molecule has 0 aliphatic heterocycles. The first-order chi connectivity index (χ1) is 7.10. The number of aryl methyl sites for hydroxylation is 1. The van der Waals surface area contributed by atoms with E-state index in [4.69, 9.17) is 22.0 Å². The Morgan fingerprint density at radius 2 is 2.27 bits per heavy atom. The average molecular weight is 224 g/mol. The van der Waals surface area contributed by atoms with Crippen molar-refractivity contribution in [1.29, 1.82) is 5.26 Å². The number of aliphatic carboxylic acids is 1. The lowest BCUT2D eigenvalue weighted by molar-refractivity contribution is -0.136. The summed E-state index contributed by atoms with van der Waals surface area (Å²) in [6, 6.07) is 5.34. The molecule has 1 aromatic carbocycles. The van der Waals surface area contributed by atoms with Crippen molar-refractivity contribution in [1.82, 2.24) is 0 Å². The van der Waals surface area contributed by atoms with Crippen LogP contribution in [0.5, 0.6) is 0 Å². The minimum absolute atomic E-state index is 0.160. The molecule has 78 valence electrons. The Labute approximate surface area is 92.9 Å². The Bertz CT molecular complexity index is 435. The summed E-state index contributed by atoms with van der Waals surface area (Å²) in [7, 11) is 0. The van der Waals surface area contributed by atoms with Gasteiger partial charge in [-0.2, -0.15) is 5.26 Å². The number of carboxylic acid groups (broad SMARTS) is 1. The van der Waals surface area contributed by atoms with Crippen molar-refractivity contribution < 1.29 is 9.90 Å². The summed E-state index contributed by atoms with van der Waals surface area (Å²) in [5.41, 5.74) is 1.66. The number of carboxylic acids is 1. The molecule has 0 heterocycles. The number of hydrogen-bond acceptors (Lipinski definition) is 2. The number of nitrogens with zero attached hydrogens (tertiary/aromatic N) is 1. The fraction of sp³-hybridized carbons (Fsp3) is 0.273. The topological polar surface area (TPSA) is 61.1 Å². The van der Waals surface area contributed by atoms with Crippen LogP contribution in [0.4, 0.5) is 0 Å². The standard InChI is InChI=1S/C11H10ClNO2/c1-2-7-3-4-10(12)9(6-13)8(7)5-11(14)15/h3-4H,2,5H2,1H3,(H,14,15). The van der Waals surface area contributed by atoms with Crippen molar-refractivity contribution in [2.75, 3.05) is 0 Å². The first kappa shape index (κ1) is 11.5. The minimum Gasteiger partial charge on any atom is -0.481 e. The van der Waals surface area contributed by atoms with Crippen molar-refractivity contribution in [2.24, 2.45) is 0 Å². The fourth-order valence-corrected chi connectivity index (χ4v) is 1.69. The van der Waals surface area contributed by atoms with Gasteiger partial charge in [-0.3, -0.25) is 4.79 Å². The van der Waals surface area contributed by atoms with Crippen LogP contribution in [0.25, 0.3) is 0 Å². The van der Waals surface area contributed by atoms with E-state index in [1.54, 1.807) is 12.1 Å². The molecule has 0 bridgehead atoms. The van der Waals surface area contributed by atoms with Gasteiger partial charge in [0.1, 0.15) is 6.07 Å². The highest BCUT2D eigenvalue weighted by molar-refractivity contribution is 6.31. The first-order valence-corrected chi connectivity index (χ1v) is 4.90. The molecule has 0 amide bonds. The molecule has 0 spiro atoms. The Kier molecular flexibility index (Phi) is 3.70. The highest BCUT2D eigenvalue weighted by Crippen LogP contribution is 2.23. The zero-order valence-electron chi connectivity index (χ0n) is 8.25. The van der Waals surface area contributed by atoms with Crippen molar-refractivity contribution in [2.45, 2.75) is 19.8 Å². The lowest BCUT2D eigenvalue weighted by Crippen LogP contribution is -2.06. The van der Waals surface area contributed by atoms with Gasteiger partial charge in [0, 0.05) is 0 Å². The smallest absolute Gasteiger partial charge is 0.307 e. The second kappa shape index (κ2) is 4.81. The maximum atomic E-state index is 10.7. The van der Waals surface area contributed by atoms with Crippen molar-refractivity contribution in [3.63, 3.8) is 0 Å². The average Bonchev–Trinajstić information content (AvgIpc) is 2.18. The molecule has 4 heteroatoms. The molecule has 1 rings (SSSR count). The van der Waals surface area contributed by atoms with Gasteiger partial charge in [0.25, 0.3) is 0 Å². The Morgan fingerprint density at radius 1 is 1.60 bits per heavy atom. The number of halogens is 1. The summed E-state index contributed by atoms with van der Waals surface area (Å²) >= 11 is 5.83. The molecule has 0 fully saturated rings. The SMILES string of the molecule is CCc1ccc(Cl)c(C#N)c1CC(=O)O. The van der Waals surface area contributed by atoms with Crippen LogP contribution in [0, 0.1) is 11.3 Å². The quantitative estimate of drug-likeness (QED) is 0.856. The van der Waals surface area contributed by atoms with Crippen LogP contribution in [0.1, 0.15) is 23.6 Å². The normalized spacial score (nSPS) is 9.67. The van der Waals surface area contributed by atoms with Gasteiger partial charge in [0.05, 0.1) is 17.0 Å². The molecule has 0 aliphatic carbocycles. The third-order valence-corrected chi connectivity index (χ3v) is 2.49. The summed E-state index contributed by atoms with van der Waals surface area (Å²) in [6.07, 6.45) is 0.529. The van der Waals surface area contributed by atoms with Gasteiger partial charge in [-0.05, 0) is 23.6 Å². The summed E-state index contributed by atoms with van der Waals surface area (Å²) in [5.74, 6) is -0.955. The monoisotopic (exact) mass is 223 g/mol. The summed E-state index contributed by atoms with van der Waals surface area (Å²) in [6.45, 7) is 1.91. The summed E-state index contributed by atoms with van der Waals surface area (Å²) < 4.78 is 0. The van der Waals surface area contributed by atoms with Crippen LogP contribution >= 0.6 is 11.6 Å².